The minimum absolute atomic E-state index is 0.188. The van der Waals surface area contributed by atoms with E-state index in [1.54, 1.807) is 12.1 Å². The van der Waals surface area contributed by atoms with Gasteiger partial charge in [0.05, 0.1) is 21.2 Å². The molecule has 1 aliphatic carbocycles. The summed E-state index contributed by atoms with van der Waals surface area (Å²) in [5.74, 6) is -0.188. The molecule has 0 amide bonds. The number of aliphatic hydroxyl groups is 1. The van der Waals surface area contributed by atoms with Crippen molar-refractivity contribution in [3.63, 3.8) is 0 Å². The molecule has 1 saturated carbocycles. The van der Waals surface area contributed by atoms with E-state index in [0.29, 0.717) is 36.0 Å². The van der Waals surface area contributed by atoms with E-state index in [0.717, 1.165) is 42.5 Å². The van der Waals surface area contributed by atoms with Crippen LogP contribution in [0, 0.1) is 0 Å². The lowest BCUT2D eigenvalue weighted by Crippen LogP contribution is -2.43. The molecule has 1 fully saturated rings. The monoisotopic (exact) mass is 445 g/mol. The topological polar surface area (TPSA) is 32.3 Å². The molecule has 0 heterocycles. The molecule has 1 aliphatic rings. The molecule has 158 valence electrons. The third kappa shape index (κ3) is 5.66. The maximum absolute atomic E-state index is 12.7. The third-order valence-corrected chi connectivity index (χ3v) is 6.41. The average molecular weight is 446 g/mol. The summed E-state index contributed by atoms with van der Waals surface area (Å²) in [4.78, 5) is 0. The lowest BCUT2D eigenvalue weighted by atomic mass is 9.72. The van der Waals surface area contributed by atoms with Crippen LogP contribution < -0.4 is 5.32 Å². The van der Waals surface area contributed by atoms with Crippen LogP contribution >= 0.6 is 23.2 Å². The highest BCUT2D eigenvalue weighted by Crippen LogP contribution is 2.41. The number of nitrogens with one attached hydrogen (secondary N) is 1. The Kier molecular flexibility index (Phi) is 7.15. The summed E-state index contributed by atoms with van der Waals surface area (Å²) in [5, 5.41) is 15.5. The second-order valence-corrected chi connectivity index (χ2v) is 8.53. The van der Waals surface area contributed by atoms with E-state index >= 15 is 0 Å². The Hall–Kier alpha value is -1.27. The number of alkyl halides is 3. The first-order valence-corrected chi connectivity index (χ1v) is 10.5. The maximum atomic E-state index is 12.7. The van der Waals surface area contributed by atoms with Crippen LogP contribution in [0.4, 0.5) is 13.2 Å². The van der Waals surface area contributed by atoms with E-state index in [1.165, 1.54) is 12.1 Å². The molecule has 29 heavy (non-hydrogen) atoms. The molecule has 0 aromatic heterocycles. The van der Waals surface area contributed by atoms with Gasteiger partial charge in [-0.25, -0.2) is 0 Å². The van der Waals surface area contributed by atoms with Gasteiger partial charge in [0.15, 0.2) is 0 Å². The Morgan fingerprint density at radius 2 is 1.62 bits per heavy atom. The first-order valence-electron chi connectivity index (χ1n) is 9.73. The van der Waals surface area contributed by atoms with Crippen molar-refractivity contribution in [3.05, 3.63) is 69.2 Å². The van der Waals surface area contributed by atoms with Gasteiger partial charge in [0.1, 0.15) is 0 Å². The van der Waals surface area contributed by atoms with Gasteiger partial charge in [0, 0.05) is 19.0 Å². The Balaban J connectivity index is 1.72. The molecular formula is C22H24Cl2F3NO. The summed E-state index contributed by atoms with van der Waals surface area (Å²) in [6.07, 6.45) is 0.116. The molecule has 7 heteroatoms. The predicted octanol–water partition coefficient (Wildman–Crippen LogP) is 6.58. The van der Waals surface area contributed by atoms with Crippen molar-refractivity contribution >= 4 is 23.2 Å². The second-order valence-electron chi connectivity index (χ2n) is 7.72. The molecule has 0 spiro atoms. The Morgan fingerprint density at radius 3 is 2.21 bits per heavy atom. The Morgan fingerprint density at radius 1 is 0.966 bits per heavy atom. The van der Waals surface area contributed by atoms with Gasteiger partial charge in [0.25, 0.3) is 0 Å². The highest BCUT2D eigenvalue weighted by atomic mass is 35.5. The SMILES string of the molecule is OC1(C(CNCc2ccc(C(F)(F)F)cc2)c2ccc(Cl)c(Cl)c2)CCCCC1. The van der Waals surface area contributed by atoms with Crippen LogP contribution in [0.5, 0.6) is 0 Å². The molecule has 0 saturated heterocycles. The van der Waals surface area contributed by atoms with Crippen molar-refractivity contribution in [2.45, 2.75) is 56.3 Å². The number of rotatable bonds is 6. The maximum Gasteiger partial charge on any atom is 0.416 e. The van der Waals surface area contributed by atoms with Crippen molar-refractivity contribution in [1.29, 1.82) is 0 Å². The summed E-state index contributed by atoms with van der Waals surface area (Å²) >= 11 is 12.2. The van der Waals surface area contributed by atoms with E-state index in [4.69, 9.17) is 23.2 Å². The van der Waals surface area contributed by atoms with E-state index in [-0.39, 0.29) is 5.92 Å². The van der Waals surface area contributed by atoms with Gasteiger partial charge in [-0.2, -0.15) is 13.2 Å². The fourth-order valence-electron chi connectivity index (χ4n) is 4.03. The number of hydrogen-bond acceptors (Lipinski definition) is 2. The summed E-state index contributed by atoms with van der Waals surface area (Å²) in [5.41, 5.74) is 0.152. The standard InChI is InChI=1S/C22H24Cl2F3NO/c23-19-9-6-16(12-20(19)24)18(21(29)10-2-1-3-11-21)14-28-13-15-4-7-17(8-5-15)22(25,26)27/h4-9,12,18,28-29H,1-3,10-11,13-14H2. The molecule has 0 radical (unpaired) electrons. The Labute approximate surface area is 179 Å². The smallest absolute Gasteiger partial charge is 0.389 e. The zero-order valence-electron chi connectivity index (χ0n) is 15.9. The highest BCUT2D eigenvalue weighted by Gasteiger charge is 2.38. The van der Waals surface area contributed by atoms with Gasteiger partial charge in [-0.15, -0.1) is 0 Å². The van der Waals surface area contributed by atoms with Crippen molar-refractivity contribution in [2.24, 2.45) is 0 Å². The minimum atomic E-state index is -4.34. The molecular weight excluding hydrogens is 422 g/mol. The molecule has 2 N–H and O–H groups in total. The van der Waals surface area contributed by atoms with Crippen LogP contribution in [-0.2, 0) is 12.7 Å². The van der Waals surface area contributed by atoms with Crippen LogP contribution in [0.1, 0.15) is 54.7 Å². The van der Waals surface area contributed by atoms with E-state index < -0.39 is 17.3 Å². The van der Waals surface area contributed by atoms with Crippen LogP contribution in [-0.4, -0.2) is 17.3 Å². The van der Waals surface area contributed by atoms with Crippen LogP contribution in [0.3, 0.4) is 0 Å². The molecule has 1 atom stereocenters. The molecule has 0 aliphatic heterocycles. The summed E-state index contributed by atoms with van der Waals surface area (Å²) in [6, 6.07) is 10.5. The van der Waals surface area contributed by atoms with Crippen LogP contribution in [0.2, 0.25) is 10.0 Å². The van der Waals surface area contributed by atoms with E-state index in [2.05, 4.69) is 5.32 Å². The van der Waals surface area contributed by atoms with Crippen molar-refractivity contribution in [1.82, 2.24) is 5.32 Å². The van der Waals surface area contributed by atoms with Gasteiger partial charge in [-0.3, -0.25) is 0 Å². The molecule has 2 aromatic rings. The van der Waals surface area contributed by atoms with E-state index in [9.17, 15) is 18.3 Å². The van der Waals surface area contributed by atoms with Crippen molar-refractivity contribution in [3.8, 4) is 0 Å². The van der Waals surface area contributed by atoms with E-state index in [1.807, 2.05) is 6.07 Å². The first kappa shape index (κ1) is 22.4. The third-order valence-electron chi connectivity index (χ3n) is 5.67. The molecule has 3 rings (SSSR count). The first-order chi connectivity index (χ1) is 13.7. The van der Waals surface area contributed by atoms with Crippen molar-refractivity contribution in [2.75, 3.05) is 6.54 Å². The van der Waals surface area contributed by atoms with Gasteiger partial charge >= 0.3 is 6.18 Å². The fraction of sp³-hybridized carbons (Fsp3) is 0.455. The second kappa shape index (κ2) is 9.25. The fourth-order valence-corrected chi connectivity index (χ4v) is 4.34. The molecule has 0 bridgehead atoms. The molecule has 1 unspecified atom stereocenters. The van der Waals surface area contributed by atoms with Crippen LogP contribution in [0.25, 0.3) is 0 Å². The van der Waals surface area contributed by atoms with Gasteiger partial charge < -0.3 is 10.4 Å². The zero-order chi connectivity index (χ0) is 21.1. The zero-order valence-corrected chi connectivity index (χ0v) is 17.4. The summed E-state index contributed by atoms with van der Waals surface area (Å²) in [7, 11) is 0. The van der Waals surface area contributed by atoms with Crippen molar-refractivity contribution < 1.29 is 18.3 Å². The largest absolute Gasteiger partial charge is 0.416 e. The Bertz CT molecular complexity index is 818. The highest BCUT2D eigenvalue weighted by molar-refractivity contribution is 6.42. The lowest BCUT2D eigenvalue weighted by molar-refractivity contribution is -0.137. The lowest BCUT2D eigenvalue weighted by Gasteiger charge is -2.40. The van der Waals surface area contributed by atoms with Gasteiger partial charge in [-0.1, -0.05) is 60.7 Å². The predicted molar refractivity (Wildman–Crippen MR) is 110 cm³/mol. The van der Waals surface area contributed by atoms with Gasteiger partial charge in [-0.05, 0) is 48.2 Å². The normalized spacial score (nSPS) is 17.9. The quantitative estimate of drug-likeness (QED) is 0.525. The number of benzene rings is 2. The summed E-state index contributed by atoms with van der Waals surface area (Å²) < 4.78 is 38.1. The minimum Gasteiger partial charge on any atom is -0.389 e. The molecule has 2 nitrogen and oxygen atoms in total. The number of halogens is 5. The summed E-state index contributed by atoms with van der Waals surface area (Å²) in [6.45, 7) is 0.890. The molecule has 2 aromatic carbocycles. The van der Waals surface area contributed by atoms with Crippen LogP contribution in [0.15, 0.2) is 42.5 Å². The average Bonchev–Trinajstić information content (AvgIpc) is 2.68. The number of hydrogen-bond donors (Lipinski definition) is 2. The van der Waals surface area contributed by atoms with Gasteiger partial charge in [0.2, 0.25) is 0 Å².